The Morgan fingerprint density at radius 3 is 2.35 bits per heavy atom. The van der Waals surface area contributed by atoms with Crippen molar-refractivity contribution >= 4 is 40.5 Å². The molecule has 5 N–H and O–H groups in total. The second kappa shape index (κ2) is 10.1. The number of halogens is 4. The predicted molar refractivity (Wildman–Crippen MR) is 127 cm³/mol. The van der Waals surface area contributed by atoms with Gasteiger partial charge >= 0.3 is 18.3 Å². The Morgan fingerprint density at radius 1 is 0.973 bits per heavy atom. The Bertz CT molecular complexity index is 1450. The fourth-order valence-electron chi connectivity index (χ4n) is 3.43. The van der Waals surface area contributed by atoms with Gasteiger partial charge in [0, 0.05) is 5.69 Å². The van der Waals surface area contributed by atoms with Crippen LogP contribution >= 0.6 is 0 Å². The van der Waals surface area contributed by atoms with Crippen LogP contribution in [0, 0.1) is 5.82 Å². The van der Waals surface area contributed by atoms with E-state index in [4.69, 9.17) is 0 Å². The molecule has 0 saturated heterocycles. The van der Waals surface area contributed by atoms with Crippen LogP contribution in [-0.2, 0) is 10.9 Å². The monoisotopic (exact) mass is 517 g/mol. The maximum absolute atomic E-state index is 13.9. The molecule has 192 valence electrons. The van der Waals surface area contributed by atoms with Gasteiger partial charge in [-0.1, -0.05) is 18.2 Å². The molecule has 0 aliphatic carbocycles. The highest BCUT2D eigenvalue weighted by Gasteiger charge is 2.31. The molecule has 37 heavy (non-hydrogen) atoms. The third-order valence-corrected chi connectivity index (χ3v) is 5.25. The minimum Gasteiger partial charge on any atom is -0.453 e. The first-order valence-corrected chi connectivity index (χ1v) is 10.6. The molecule has 1 aromatic heterocycles. The maximum atomic E-state index is 13.9. The van der Waals surface area contributed by atoms with Crippen LogP contribution in [0.1, 0.15) is 22.8 Å². The van der Waals surface area contributed by atoms with Gasteiger partial charge in [-0.15, -0.1) is 0 Å². The van der Waals surface area contributed by atoms with E-state index in [1.165, 1.54) is 31.4 Å². The molecule has 4 rings (SSSR count). The molecular formula is C24H19F4N5O4. The smallest absolute Gasteiger partial charge is 0.416 e. The number of H-pyrrole nitrogens is 1. The van der Waals surface area contributed by atoms with Gasteiger partial charge in [-0.05, 0) is 53.6 Å². The van der Waals surface area contributed by atoms with Gasteiger partial charge in [0.1, 0.15) is 11.9 Å². The van der Waals surface area contributed by atoms with Crippen LogP contribution in [0.25, 0.3) is 11.0 Å². The molecule has 0 bridgehead atoms. The summed E-state index contributed by atoms with van der Waals surface area (Å²) in [6, 6.07) is 11.7. The Hall–Kier alpha value is -4.65. The molecule has 1 atom stereocenters. The number of benzene rings is 3. The van der Waals surface area contributed by atoms with E-state index in [1.54, 1.807) is 18.2 Å². The topological polar surface area (TPSA) is 128 Å². The summed E-state index contributed by atoms with van der Waals surface area (Å²) >= 11 is 0. The molecule has 3 aromatic carbocycles. The molecule has 0 aliphatic rings. The number of imidazole rings is 1. The molecule has 0 radical (unpaired) electrons. The second-order valence-electron chi connectivity index (χ2n) is 7.77. The van der Waals surface area contributed by atoms with Crippen molar-refractivity contribution in [2.75, 3.05) is 23.1 Å². The lowest BCUT2D eigenvalue weighted by Crippen LogP contribution is -2.20. The minimum atomic E-state index is -4.69. The normalized spacial score (nSPS) is 12.2. The van der Waals surface area contributed by atoms with Crippen LogP contribution in [-0.4, -0.2) is 34.3 Å². The molecule has 0 fully saturated rings. The molecule has 1 unspecified atom stereocenters. The van der Waals surface area contributed by atoms with Gasteiger partial charge in [-0.25, -0.2) is 19.0 Å². The number of ether oxygens (including phenoxy) is 1. The summed E-state index contributed by atoms with van der Waals surface area (Å²) in [7, 11) is 1.22. The van der Waals surface area contributed by atoms with Crippen LogP contribution in [0.2, 0.25) is 0 Å². The standard InChI is InChI=1S/C24H19F4N5O4/c1-37-23(36)33-21-30-17-9-4-13(10-19(17)31-21)20(34)12-2-6-15(7-3-12)29-22(35)32-18-11-14(24(26,27)28)5-8-16(18)25/h2-11,20,34H,1H3,(H2,29,32,35)(H2,30,31,33,36). The Labute approximate surface area is 206 Å². The summed E-state index contributed by atoms with van der Waals surface area (Å²) in [5, 5.41) is 17.6. The fraction of sp³-hybridized carbons (Fsp3) is 0.125. The van der Waals surface area contributed by atoms with Crippen LogP contribution in [0.4, 0.5) is 44.5 Å². The van der Waals surface area contributed by atoms with Crippen molar-refractivity contribution < 1.29 is 37.0 Å². The summed E-state index contributed by atoms with van der Waals surface area (Å²) < 4.78 is 56.9. The summed E-state index contributed by atoms with van der Waals surface area (Å²) in [5.41, 5.74) is 0.611. The van der Waals surface area contributed by atoms with Crippen LogP contribution < -0.4 is 16.0 Å². The predicted octanol–water partition coefficient (Wildman–Crippen LogP) is 5.62. The number of rotatable bonds is 5. The highest BCUT2D eigenvalue weighted by Crippen LogP contribution is 2.32. The average Bonchev–Trinajstić information content (AvgIpc) is 3.26. The number of aliphatic hydroxyl groups excluding tert-OH is 1. The number of aliphatic hydroxyl groups is 1. The summed E-state index contributed by atoms with van der Waals surface area (Å²) in [6.07, 6.45) is -6.44. The van der Waals surface area contributed by atoms with Crippen molar-refractivity contribution in [1.82, 2.24) is 9.97 Å². The molecule has 4 aromatic rings. The largest absolute Gasteiger partial charge is 0.453 e. The van der Waals surface area contributed by atoms with Crippen molar-refractivity contribution in [1.29, 1.82) is 0 Å². The summed E-state index contributed by atoms with van der Waals surface area (Å²) in [4.78, 5) is 30.6. The third-order valence-electron chi connectivity index (χ3n) is 5.25. The van der Waals surface area contributed by atoms with Crippen molar-refractivity contribution in [3.8, 4) is 0 Å². The number of nitrogens with zero attached hydrogens (tertiary/aromatic N) is 1. The number of aromatic amines is 1. The first-order valence-electron chi connectivity index (χ1n) is 10.6. The number of alkyl halides is 3. The number of aromatic nitrogens is 2. The Kier molecular flexibility index (Phi) is 6.98. The minimum absolute atomic E-state index is 0.173. The quantitative estimate of drug-likeness (QED) is 0.219. The zero-order valence-corrected chi connectivity index (χ0v) is 19.0. The number of nitrogens with one attached hydrogen (secondary N) is 4. The Morgan fingerprint density at radius 2 is 1.68 bits per heavy atom. The van der Waals surface area contributed by atoms with Crippen molar-refractivity contribution in [2.24, 2.45) is 0 Å². The third kappa shape index (κ3) is 5.95. The van der Waals surface area contributed by atoms with Crippen LogP contribution in [0.5, 0.6) is 0 Å². The molecular weight excluding hydrogens is 498 g/mol. The molecule has 9 nitrogen and oxygen atoms in total. The number of anilines is 3. The first-order chi connectivity index (χ1) is 17.5. The van der Waals surface area contributed by atoms with E-state index >= 15 is 0 Å². The lowest BCUT2D eigenvalue weighted by Gasteiger charge is -2.14. The first kappa shape index (κ1) is 25.4. The number of carbonyl (C=O) groups is 2. The fourth-order valence-corrected chi connectivity index (χ4v) is 3.43. The second-order valence-corrected chi connectivity index (χ2v) is 7.77. The zero-order chi connectivity index (χ0) is 26.7. The van der Waals surface area contributed by atoms with Gasteiger partial charge in [0.05, 0.1) is 29.4 Å². The number of methoxy groups -OCH3 is 1. The number of hydrogen-bond donors (Lipinski definition) is 5. The van der Waals surface area contributed by atoms with Crippen LogP contribution in [0.15, 0.2) is 60.7 Å². The van der Waals surface area contributed by atoms with Gasteiger partial charge in [0.15, 0.2) is 0 Å². The van der Waals surface area contributed by atoms with Gasteiger partial charge in [-0.2, -0.15) is 13.2 Å². The van der Waals surface area contributed by atoms with Crippen molar-refractivity contribution in [2.45, 2.75) is 12.3 Å². The van der Waals surface area contributed by atoms with E-state index in [-0.39, 0.29) is 11.6 Å². The van der Waals surface area contributed by atoms with E-state index in [9.17, 15) is 32.3 Å². The number of amides is 3. The SMILES string of the molecule is COC(=O)Nc1nc2ccc(C(O)c3ccc(NC(=O)Nc4cc(C(F)(F)F)ccc4F)cc3)cc2[nH]1. The molecule has 13 heteroatoms. The van der Waals surface area contributed by atoms with E-state index in [2.05, 4.69) is 30.7 Å². The molecule has 0 saturated carbocycles. The zero-order valence-electron chi connectivity index (χ0n) is 19.0. The highest BCUT2D eigenvalue weighted by molar-refractivity contribution is 5.99. The average molecular weight is 517 g/mol. The van der Waals surface area contributed by atoms with Crippen molar-refractivity contribution in [3.05, 3.63) is 83.2 Å². The number of fused-ring (bicyclic) bond motifs is 1. The lowest BCUT2D eigenvalue weighted by molar-refractivity contribution is -0.137. The highest BCUT2D eigenvalue weighted by atomic mass is 19.4. The van der Waals surface area contributed by atoms with E-state index in [1.807, 2.05) is 0 Å². The molecule has 1 heterocycles. The van der Waals surface area contributed by atoms with Crippen molar-refractivity contribution in [3.63, 3.8) is 0 Å². The molecule has 3 amide bonds. The maximum Gasteiger partial charge on any atom is 0.416 e. The van der Waals surface area contributed by atoms with E-state index in [0.717, 1.165) is 0 Å². The summed E-state index contributed by atoms with van der Waals surface area (Å²) in [6.45, 7) is 0. The van der Waals surface area contributed by atoms with Gasteiger partial charge < -0.3 is 25.5 Å². The molecule has 0 spiro atoms. The van der Waals surface area contributed by atoms with E-state index < -0.39 is 41.5 Å². The van der Waals surface area contributed by atoms with Crippen LogP contribution in [0.3, 0.4) is 0 Å². The van der Waals surface area contributed by atoms with E-state index in [0.29, 0.717) is 40.4 Å². The Balaban J connectivity index is 1.43. The molecule has 0 aliphatic heterocycles. The van der Waals surface area contributed by atoms with Gasteiger partial charge in [0.2, 0.25) is 5.95 Å². The number of urea groups is 1. The lowest BCUT2D eigenvalue weighted by atomic mass is 10.0. The van der Waals surface area contributed by atoms with Gasteiger partial charge in [0.25, 0.3) is 0 Å². The number of hydrogen-bond acceptors (Lipinski definition) is 5. The van der Waals surface area contributed by atoms with Gasteiger partial charge in [-0.3, -0.25) is 5.32 Å². The summed E-state index contributed by atoms with van der Waals surface area (Å²) in [5.74, 6) is -0.851. The number of carbonyl (C=O) groups excluding carboxylic acids is 2.